The van der Waals surface area contributed by atoms with E-state index in [2.05, 4.69) is 4.74 Å². The molecular weight excluding hydrogens is 259 g/mol. The molecule has 0 unspecified atom stereocenters. The topological polar surface area (TPSA) is 26.3 Å². The van der Waals surface area contributed by atoms with Gasteiger partial charge in [-0.2, -0.15) is 0 Å². The Bertz CT molecular complexity index is 407. The average Bonchev–Trinajstić information content (AvgIpc) is 2.14. The van der Waals surface area contributed by atoms with Crippen molar-refractivity contribution in [3.63, 3.8) is 0 Å². The Kier molecular flexibility index (Phi) is 7.01. The molecular formula is C10H11BF3KO2. The standard InChI is InChI=1S/C10H11BF3O2.K/c1-7-5-8(6-11(12,13)14)3-4-9(7)10(15)16-2;/h3-5H,6H2,1-2H3;/q-1;+1. The number of carbonyl (C=O) groups is 1. The van der Waals surface area contributed by atoms with Crippen molar-refractivity contribution >= 4 is 12.9 Å². The van der Waals surface area contributed by atoms with Crippen LogP contribution in [0, 0.1) is 6.92 Å². The van der Waals surface area contributed by atoms with Gasteiger partial charge in [-0.3, -0.25) is 0 Å². The molecule has 0 fully saturated rings. The van der Waals surface area contributed by atoms with E-state index in [0.29, 0.717) is 11.1 Å². The van der Waals surface area contributed by atoms with Gasteiger partial charge in [-0.15, -0.1) is 0 Å². The van der Waals surface area contributed by atoms with Crippen LogP contribution in [-0.4, -0.2) is 20.1 Å². The summed E-state index contributed by atoms with van der Waals surface area (Å²) in [5.41, 5.74) is 0.947. The number of methoxy groups -OCH3 is 1. The number of hydrogen-bond donors (Lipinski definition) is 0. The summed E-state index contributed by atoms with van der Waals surface area (Å²) in [6, 6.07) is 4.02. The first-order valence-electron chi connectivity index (χ1n) is 4.72. The minimum atomic E-state index is -4.85. The summed E-state index contributed by atoms with van der Waals surface area (Å²) >= 11 is 0. The van der Waals surface area contributed by atoms with Gasteiger partial charge in [-0.25, -0.2) is 4.79 Å². The predicted molar refractivity (Wildman–Crippen MR) is 55.3 cm³/mol. The van der Waals surface area contributed by atoms with Gasteiger partial charge in [0.15, 0.2) is 0 Å². The van der Waals surface area contributed by atoms with Crippen LogP contribution in [0.3, 0.4) is 0 Å². The van der Waals surface area contributed by atoms with Gasteiger partial charge in [0.2, 0.25) is 0 Å². The van der Waals surface area contributed by atoms with E-state index < -0.39 is 19.3 Å². The molecule has 0 aromatic heterocycles. The van der Waals surface area contributed by atoms with E-state index in [-0.39, 0.29) is 56.9 Å². The van der Waals surface area contributed by atoms with E-state index in [0.717, 1.165) is 0 Å². The molecule has 0 atom stereocenters. The summed E-state index contributed by atoms with van der Waals surface area (Å²) in [5, 5.41) is 0. The zero-order valence-corrected chi connectivity index (χ0v) is 13.1. The third-order valence-electron chi connectivity index (χ3n) is 2.16. The molecule has 0 spiro atoms. The van der Waals surface area contributed by atoms with Gasteiger partial charge < -0.3 is 17.7 Å². The monoisotopic (exact) mass is 270 g/mol. The van der Waals surface area contributed by atoms with Crippen LogP contribution in [0.1, 0.15) is 21.5 Å². The van der Waals surface area contributed by atoms with Crippen molar-refractivity contribution in [3.05, 3.63) is 34.9 Å². The number of aryl methyl sites for hydroxylation is 1. The minimum absolute atomic E-state index is 0. The number of ether oxygens (including phenoxy) is 1. The van der Waals surface area contributed by atoms with E-state index in [9.17, 15) is 17.7 Å². The molecule has 0 radical (unpaired) electrons. The Morgan fingerprint density at radius 3 is 2.35 bits per heavy atom. The number of rotatable bonds is 3. The van der Waals surface area contributed by atoms with Crippen molar-refractivity contribution < 1.29 is 73.9 Å². The zero-order valence-electron chi connectivity index (χ0n) is 9.97. The van der Waals surface area contributed by atoms with Gasteiger partial charge in [-0.05, 0) is 18.6 Å². The van der Waals surface area contributed by atoms with Crippen molar-refractivity contribution in [2.75, 3.05) is 7.11 Å². The molecule has 0 bridgehead atoms. The Balaban J connectivity index is 0.00000256. The van der Waals surface area contributed by atoms with Crippen molar-refractivity contribution in [2.45, 2.75) is 13.2 Å². The number of hydrogen-bond acceptors (Lipinski definition) is 2. The SMILES string of the molecule is COC(=O)c1ccc(C[B-](F)(F)F)cc1C.[K+]. The Morgan fingerprint density at radius 1 is 1.35 bits per heavy atom. The van der Waals surface area contributed by atoms with Gasteiger partial charge in [0.1, 0.15) is 0 Å². The minimum Gasteiger partial charge on any atom is -0.465 e. The van der Waals surface area contributed by atoms with Crippen LogP contribution in [0.15, 0.2) is 18.2 Å². The quantitative estimate of drug-likeness (QED) is 0.557. The fourth-order valence-electron chi connectivity index (χ4n) is 1.46. The maximum atomic E-state index is 12.2. The second-order valence-corrected chi connectivity index (χ2v) is 3.56. The van der Waals surface area contributed by atoms with Gasteiger partial charge in [-0.1, -0.05) is 24.0 Å². The maximum absolute atomic E-state index is 12.2. The molecule has 0 saturated carbocycles. The molecule has 1 aromatic carbocycles. The smallest absolute Gasteiger partial charge is 0.465 e. The van der Waals surface area contributed by atoms with Crippen LogP contribution < -0.4 is 51.4 Å². The third kappa shape index (κ3) is 5.57. The van der Waals surface area contributed by atoms with Crippen LogP contribution >= 0.6 is 0 Å². The fraction of sp³-hybridized carbons (Fsp3) is 0.300. The molecule has 7 heteroatoms. The molecule has 2 nitrogen and oxygen atoms in total. The van der Waals surface area contributed by atoms with Crippen LogP contribution in [0.25, 0.3) is 0 Å². The molecule has 0 heterocycles. The van der Waals surface area contributed by atoms with Gasteiger partial charge in [0, 0.05) is 0 Å². The summed E-state index contributed by atoms with van der Waals surface area (Å²) in [4.78, 5) is 11.2. The second-order valence-electron chi connectivity index (χ2n) is 3.56. The molecule has 0 amide bonds. The normalized spacial score (nSPS) is 10.6. The molecule has 0 saturated heterocycles. The molecule has 1 aromatic rings. The third-order valence-corrected chi connectivity index (χ3v) is 2.16. The summed E-state index contributed by atoms with van der Waals surface area (Å²) in [6.45, 7) is -3.26. The van der Waals surface area contributed by atoms with Crippen molar-refractivity contribution in [1.82, 2.24) is 0 Å². The molecule has 1 rings (SSSR count). The van der Waals surface area contributed by atoms with Crippen molar-refractivity contribution in [3.8, 4) is 0 Å². The zero-order chi connectivity index (χ0) is 12.3. The van der Waals surface area contributed by atoms with Crippen LogP contribution in [-0.2, 0) is 11.1 Å². The largest absolute Gasteiger partial charge is 1.00 e. The fourth-order valence-corrected chi connectivity index (χ4v) is 1.46. The first-order valence-corrected chi connectivity index (χ1v) is 4.72. The number of carbonyl (C=O) groups excluding carboxylic acids is 1. The van der Waals surface area contributed by atoms with E-state index in [4.69, 9.17) is 0 Å². The second kappa shape index (κ2) is 6.94. The van der Waals surface area contributed by atoms with Gasteiger partial charge in [0.25, 0.3) is 0 Å². The van der Waals surface area contributed by atoms with Crippen LogP contribution in [0.4, 0.5) is 12.9 Å². The molecule has 88 valence electrons. The van der Waals surface area contributed by atoms with Crippen LogP contribution in [0.2, 0.25) is 0 Å². The Hall–Kier alpha value is 0.181. The predicted octanol–water partition coefficient (Wildman–Crippen LogP) is -0.285. The average molecular weight is 270 g/mol. The Morgan fingerprint density at radius 2 is 1.94 bits per heavy atom. The first-order chi connectivity index (χ1) is 7.33. The number of halogens is 3. The van der Waals surface area contributed by atoms with Crippen LogP contribution in [0.5, 0.6) is 0 Å². The molecule has 0 aliphatic rings. The molecule has 0 aliphatic carbocycles. The van der Waals surface area contributed by atoms with E-state index in [1.807, 2.05) is 0 Å². The first kappa shape index (κ1) is 17.2. The van der Waals surface area contributed by atoms with Gasteiger partial charge >= 0.3 is 64.3 Å². The number of benzene rings is 1. The van der Waals surface area contributed by atoms with E-state index >= 15 is 0 Å². The number of esters is 1. The van der Waals surface area contributed by atoms with E-state index in [1.54, 1.807) is 6.92 Å². The van der Waals surface area contributed by atoms with Crippen molar-refractivity contribution in [2.24, 2.45) is 0 Å². The maximum Gasteiger partial charge on any atom is 1.00 e. The molecule has 0 N–H and O–H groups in total. The summed E-state index contributed by atoms with van der Waals surface area (Å²) in [7, 11) is 1.23. The van der Waals surface area contributed by atoms with Crippen molar-refractivity contribution in [1.29, 1.82) is 0 Å². The summed E-state index contributed by atoms with van der Waals surface area (Å²) < 4.78 is 41.0. The Labute approximate surface area is 140 Å². The molecule has 0 aliphatic heterocycles. The molecule has 17 heavy (non-hydrogen) atoms. The summed E-state index contributed by atoms with van der Waals surface area (Å²) in [5.74, 6) is -0.540. The van der Waals surface area contributed by atoms with Gasteiger partial charge in [0.05, 0.1) is 12.7 Å². The van der Waals surface area contributed by atoms with E-state index in [1.165, 1.54) is 25.3 Å². The summed E-state index contributed by atoms with van der Waals surface area (Å²) in [6.07, 6.45) is -0.928.